The van der Waals surface area contributed by atoms with Crippen molar-refractivity contribution in [3.8, 4) is 0 Å². The number of hydrogen-bond donors (Lipinski definition) is 1. The molecular weight excluding hydrogens is 222 g/mol. The summed E-state index contributed by atoms with van der Waals surface area (Å²) in [5, 5.41) is 0.848. The molecule has 3 rings (SSSR count). The van der Waals surface area contributed by atoms with E-state index in [1.807, 2.05) is 19.1 Å². The van der Waals surface area contributed by atoms with Crippen LogP contribution in [0.5, 0.6) is 0 Å². The van der Waals surface area contributed by atoms with Gasteiger partial charge in [0.25, 0.3) is 5.92 Å². The number of rotatable bonds is 1. The monoisotopic (exact) mass is 234 g/mol. The molecule has 1 aliphatic rings. The summed E-state index contributed by atoms with van der Waals surface area (Å²) in [7, 11) is 0. The Hall–Kier alpha value is -1.55. The van der Waals surface area contributed by atoms with Crippen molar-refractivity contribution in [2.75, 3.05) is 0 Å². The second kappa shape index (κ2) is 3.01. The first-order valence-electron chi connectivity index (χ1n) is 5.47. The molecule has 1 atom stereocenters. The SMILES string of the molecule is Cc1ccc2cc(C3(N)CC3(F)F)ccc2n1. The second-order valence-electron chi connectivity index (χ2n) is 4.71. The fourth-order valence-corrected chi connectivity index (χ4v) is 2.12. The van der Waals surface area contributed by atoms with E-state index >= 15 is 0 Å². The van der Waals surface area contributed by atoms with Gasteiger partial charge < -0.3 is 5.73 Å². The van der Waals surface area contributed by atoms with E-state index in [1.54, 1.807) is 18.2 Å². The second-order valence-corrected chi connectivity index (χ2v) is 4.71. The molecule has 1 heterocycles. The highest BCUT2D eigenvalue weighted by atomic mass is 19.3. The molecule has 2 N–H and O–H groups in total. The van der Waals surface area contributed by atoms with Gasteiger partial charge in [-0.05, 0) is 30.7 Å². The highest BCUT2D eigenvalue weighted by Gasteiger charge is 2.69. The largest absolute Gasteiger partial charge is 0.316 e. The Morgan fingerprint density at radius 3 is 2.59 bits per heavy atom. The quantitative estimate of drug-likeness (QED) is 0.824. The molecule has 0 bridgehead atoms. The van der Waals surface area contributed by atoms with E-state index in [2.05, 4.69) is 4.98 Å². The van der Waals surface area contributed by atoms with Crippen molar-refractivity contribution in [1.82, 2.24) is 4.98 Å². The van der Waals surface area contributed by atoms with Crippen molar-refractivity contribution in [2.45, 2.75) is 24.8 Å². The molecule has 88 valence electrons. The van der Waals surface area contributed by atoms with Gasteiger partial charge in [0.1, 0.15) is 5.54 Å². The Labute approximate surface area is 97.5 Å². The number of aromatic nitrogens is 1. The van der Waals surface area contributed by atoms with Crippen molar-refractivity contribution in [2.24, 2.45) is 5.73 Å². The van der Waals surface area contributed by atoms with Gasteiger partial charge in [-0.15, -0.1) is 0 Å². The number of nitrogens with two attached hydrogens (primary N) is 1. The van der Waals surface area contributed by atoms with E-state index in [1.165, 1.54) is 0 Å². The third kappa shape index (κ3) is 1.44. The fraction of sp³-hybridized carbons (Fsp3) is 0.308. The first-order chi connectivity index (χ1) is 7.92. The first kappa shape index (κ1) is 10.6. The van der Waals surface area contributed by atoms with Gasteiger partial charge in [0, 0.05) is 17.5 Å². The van der Waals surface area contributed by atoms with Crippen LogP contribution in [0.25, 0.3) is 10.9 Å². The predicted octanol–water partition coefficient (Wildman–Crippen LogP) is 2.74. The Kier molecular flexibility index (Phi) is 1.88. The highest BCUT2D eigenvalue weighted by Crippen LogP contribution is 2.57. The van der Waals surface area contributed by atoms with Gasteiger partial charge in [-0.2, -0.15) is 0 Å². The molecule has 0 aliphatic heterocycles. The smallest absolute Gasteiger partial charge is 0.272 e. The van der Waals surface area contributed by atoms with Crippen LogP contribution in [0.4, 0.5) is 8.78 Å². The summed E-state index contributed by atoms with van der Waals surface area (Å²) in [6.07, 6.45) is -0.273. The average Bonchev–Trinajstić information content (AvgIpc) is 2.78. The minimum absolute atomic E-state index is 0.273. The number of hydrogen-bond acceptors (Lipinski definition) is 2. The van der Waals surface area contributed by atoms with Crippen LogP contribution in [-0.4, -0.2) is 10.9 Å². The molecule has 1 unspecified atom stereocenters. The molecule has 0 spiro atoms. The summed E-state index contributed by atoms with van der Waals surface area (Å²) in [4.78, 5) is 4.33. The minimum atomic E-state index is -2.78. The average molecular weight is 234 g/mol. The summed E-state index contributed by atoms with van der Waals surface area (Å²) >= 11 is 0. The summed E-state index contributed by atoms with van der Waals surface area (Å²) in [6.45, 7) is 1.90. The number of nitrogens with zero attached hydrogens (tertiary/aromatic N) is 1. The molecule has 1 aliphatic carbocycles. The molecule has 2 nitrogen and oxygen atoms in total. The van der Waals surface area contributed by atoms with Crippen LogP contribution in [0.2, 0.25) is 0 Å². The lowest BCUT2D eigenvalue weighted by atomic mass is 10.0. The van der Waals surface area contributed by atoms with E-state index in [0.29, 0.717) is 5.56 Å². The number of pyridine rings is 1. The summed E-state index contributed by atoms with van der Waals surface area (Å²) < 4.78 is 26.4. The Morgan fingerprint density at radius 2 is 1.94 bits per heavy atom. The van der Waals surface area contributed by atoms with Gasteiger partial charge >= 0.3 is 0 Å². The maximum absolute atomic E-state index is 13.2. The van der Waals surface area contributed by atoms with Gasteiger partial charge in [-0.1, -0.05) is 12.1 Å². The maximum Gasteiger partial charge on any atom is 0.272 e. The zero-order valence-electron chi connectivity index (χ0n) is 9.37. The summed E-state index contributed by atoms with van der Waals surface area (Å²) in [5.41, 5.74) is 6.42. The van der Waals surface area contributed by atoms with E-state index in [4.69, 9.17) is 5.73 Å². The van der Waals surface area contributed by atoms with Crippen molar-refractivity contribution in [3.63, 3.8) is 0 Å². The normalized spacial score (nSPS) is 26.1. The molecule has 17 heavy (non-hydrogen) atoms. The number of fused-ring (bicyclic) bond motifs is 1. The standard InChI is InChI=1S/C13H12F2N2/c1-8-2-3-9-6-10(4-5-11(9)17-8)12(16)7-13(12,14)15/h2-6H,7,16H2,1H3. The molecule has 0 amide bonds. The zero-order chi connectivity index (χ0) is 12.3. The lowest BCUT2D eigenvalue weighted by Crippen LogP contribution is -2.27. The summed E-state index contributed by atoms with van der Waals surface area (Å²) in [6, 6.07) is 8.85. The van der Waals surface area contributed by atoms with Gasteiger partial charge in [0.05, 0.1) is 5.52 Å². The fourth-order valence-electron chi connectivity index (χ4n) is 2.12. The molecule has 0 saturated heterocycles. The molecule has 2 aromatic rings. The lowest BCUT2D eigenvalue weighted by molar-refractivity contribution is 0.0891. The molecule has 1 saturated carbocycles. The van der Waals surface area contributed by atoms with Crippen molar-refractivity contribution < 1.29 is 8.78 Å². The number of halogens is 2. The van der Waals surface area contributed by atoms with Gasteiger partial charge in [0.2, 0.25) is 0 Å². The van der Waals surface area contributed by atoms with Gasteiger partial charge in [-0.3, -0.25) is 4.98 Å². The predicted molar refractivity (Wildman–Crippen MR) is 61.9 cm³/mol. The van der Waals surface area contributed by atoms with Crippen molar-refractivity contribution >= 4 is 10.9 Å². The third-order valence-electron chi connectivity index (χ3n) is 3.37. The van der Waals surface area contributed by atoms with Crippen LogP contribution < -0.4 is 5.73 Å². The van der Waals surface area contributed by atoms with Crippen LogP contribution in [-0.2, 0) is 5.54 Å². The third-order valence-corrected chi connectivity index (χ3v) is 3.37. The molecule has 0 radical (unpaired) electrons. The minimum Gasteiger partial charge on any atom is -0.316 e. The summed E-state index contributed by atoms with van der Waals surface area (Å²) in [5.74, 6) is -2.78. The van der Waals surface area contributed by atoms with E-state index in [0.717, 1.165) is 16.6 Å². The van der Waals surface area contributed by atoms with Gasteiger partial charge in [0.15, 0.2) is 0 Å². The molecular formula is C13H12F2N2. The number of aryl methyl sites for hydroxylation is 1. The van der Waals surface area contributed by atoms with Crippen molar-refractivity contribution in [3.05, 3.63) is 41.6 Å². The Balaban J connectivity index is 2.12. The lowest BCUT2D eigenvalue weighted by Gasteiger charge is -2.11. The number of alkyl halides is 2. The van der Waals surface area contributed by atoms with Crippen LogP contribution in [0, 0.1) is 6.92 Å². The highest BCUT2D eigenvalue weighted by molar-refractivity contribution is 5.80. The Bertz CT molecular complexity index is 609. The van der Waals surface area contributed by atoms with E-state index in [9.17, 15) is 8.78 Å². The molecule has 1 aromatic carbocycles. The van der Waals surface area contributed by atoms with Gasteiger partial charge in [-0.25, -0.2) is 8.78 Å². The van der Waals surface area contributed by atoms with Crippen LogP contribution in [0.1, 0.15) is 17.7 Å². The number of benzene rings is 1. The zero-order valence-corrected chi connectivity index (χ0v) is 9.37. The first-order valence-corrected chi connectivity index (χ1v) is 5.47. The van der Waals surface area contributed by atoms with Crippen LogP contribution in [0.15, 0.2) is 30.3 Å². The van der Waals surface area contributed by atoms with E-state index in [-0.39, 0.29) is 6.42 Å². The molecule has 1 aromatic heterocycles. The molecule has 4 heteroatoms. The van der Waals surface area contributed by atoms with Crippen molar-refractivity contribution in [1.29, 1.82) is 0 Å². The van der Waals surface area contributed by atoms with Crippen LogP contribution in [0.3, 0.4) is 0 Å². The van der Waals surface area contributed by atoms with Crippen LogP contribution >= 0.6 is 0 Å². The maximum atomic E-state index is 13.2. The topological polar surface area (TPSA) is 38.9 Å². The van der Waals surface area contributed by atoms with E-state index < -0.39 is 11.5 Å². The molecule has 1 fully saturated rings. The Morgan fingerprint density at radius 1 is 1.24 bits per heavy atom.